The lowest BCUT2D eigenvalue weighted by Gasteiger charge is -2.21. The predicted octanol–water partition coefficient (Wildman–Crippen LogP) is 26.2. The summed E-state index contributed by atoms with van der Waals surface area (Å²) >= 11 is 0. The van der Waals surface area contributed by atoms with Crippen molar-refractivity contribution in [1.82, 2.24) is 0 Å². The second-order valence-corrected chi connectivity index (χ2v) is 34.2. The van der Waals surface area contributed by atoms with Gasteiger partial charge in [-0.1, -0.05) is 387 Å². The smallest absolute Gasteiger partial charge is 0.462 e. The van der Waals surface area contributed by atoms with E-state index in [1.807, 2.05) is 0 Å². The molecule has 0 aromatic heterocycles. The average Bonchev–Trinajstić information content (AvgIpc) is 0.901. The lowest BCUT2D eigenvalue weighted by molar-refractivity contribution is -0.161. The van der Waals surface area contributed by atoms with Gasteiger partial charge in [0.05, 0.1) is 26.4 Å². The lowest BCUT2D eigenvalue weighted by Crippen LogP contribution is -2.30. The van der Waals surface area contributed by atoms with Crippen molar-refractivity contribution in [2.24, 2.45) is 11.8 Å². The van der Waals surface area contributed by atoms with Gasteiger partial charge in [-0.2, -0.15) is 0 Å². The van der Waals surface area contributed by atoms with Crippen LogP contribution in [0.2, 0.25) is 0 Å². The molecule has 0 aliphatic rings. The lowest BCUT2D eigenvalue weighted by atomic mass is 10.00. The Balaban J connectivity index is 5.25. The largest absolute Gasteiger partial charge is 0.472 e. The summed E-state index contributed by atoms with van der Waals surface area (Å²) in [7, 11) is -9.94. The van der Waals surface area contributed by atoms with E-state index in [0.29, 0.717) is 25.7 Å². The Bertz CT molecular complexity index is 2130. The summed E-state index contributed by atoms with van der Waals surface area (Å²) in [4.78, 5) is 73.2. The normalized spacial score (nSPS) is 14.2. The predicted molar refractivity (Wildman–Crippen MR) is 437 cm³/mol. The van der Waals surface area contributed by atoms with Gasteiger partial charge < -0.3 is 33.8 Å². The molecule has 3 unspecified atom stereocenters. The third-order valence-electron chi connectivity index (χ3n) is 20.2. The summed E-state index contributed by atoms with van der Waals surface area (Å²) in [6, 6.07) is 0. The molecule has 0 aliphatic heterocycles. The highest BCUT2D eigenvalue weighted by Gasteiger charge is 2.30. The number of ether oxygens (including phenoxy) is 4. The highest BCUT2D eigenvalue weighted by molar-refractivity contribution is 7.47. The molecule has 3 N–H and O–H groups in total. The van der Waals surface area contributed by atoms with Crippen LogP contribution in [0.4, 0.5) is 0 Å². The van der Waals surface area contributed by atoms with E-state index in [0.717, 1.165) is 121 Å². The van der Waals surface area contributed by atoms with Crippen molar-refractivity contribution in [2.45, 2.75) is 458 Å². The minimum atomic E-state index is -4.97. The number of aliphatic hydroxyl groups is 1. The zero-order chi connectivity index (χ0) is 77.8. The Labute approximate surface area is 650 Å². The third kappa shape index (κ3) is 78.2. The first-order valence-corrected chi connectivity index (χ1v) is 47.3. The maximum absolute atomic E-state index is 13.2. The first kappa shape index (κ1) is 104. The van der Waals surface area contributed by atoms with E-state index in [4.69, 9.17) is 37.0 Å². The summed E-state index contributed by atoms with van der Waals surface area (Å²) in [5, 5.41) is 10.7. The molecule has 0 amide bonds. The number of phosphoric acid groups is 2. The van der Waals surface area contributed by atoms with Crippen LogP contribution in [0.15, 0.2) is 24.3 Å². The molecule has 0 saturated carbocycles. The molecule has 0 heterocycles. The van der Waals surface area contributed by atoms with Gasteiger partial charge >= 0.3 is 39.5 Å². The van der Waals surface area contributed by atoms with Gasteiger partial charge in [0.15, 0.2) is 12.2 Å². The van der Waals surface area contributed by atoms with E-state index in [2.05, 4.69) is 65.8 Å². The quantitative estimate of drug-likeness (QED) is 0.0169. The standard InChI is InChI=1S/C87H166O17P2/c1-7-10-12-14-16-18-20-22-24-25-26-27-28-29-30-36-40-44-48-52-60-66-71-86(91)103-82(75-97-84(89)69-63-57-50-46-42-38-35-32-31-34-37-41-45-49-55-61-67-79(4)5)77-101-105(93,94)99-73-81(88)74-100-106(95,96)102-78-83(76-98-85(90)70-64-58-54-53-56-62-68-80(6)9-3)104-87(92)72-65-59-51-47-43-39-33-23-21-19-17-15-13-11-8-2/h19,21,23,33,79-83,88H,7-18,20,22,24-32,34-78H2,1-6H3,(H,93,94)(H,95,96)/b21-19-,33-23-/t80?,81-,82-,83-/m1/s1. The maximum atomic E-state index is 13.2. The molecule has 0 rings (SSSR count). The molecule has 106 heavy (non-hydrogen) atoms. The minimum absolute atomic E-state index is 0.0844. The van der Waals surface area contributed by atoms with Crippen molar-refractivity contribution < 1.29 is 80.2 Å². The molecule has 0 aromatic rings. The first-order chi connectivity index (χ1) is 51.4. The van der Waals surface area contributed by atoms with Gasteiger partial charge in [0.1, 0.15) is 19.3 Å². The van der Waals surface area contributed by atoms with Crippen molar-refractivity contribution in [1.29, 1.82) is 0 Å². The van der Waals surface area contributed by atoms with Gasteiger partial charge in [-0.05, 0) is 63.2 Å². The molecule has 0 spiro atoms. The Morgan fingerprint density at radius 2 is 0.557 bits per heavy atom. The van der Waals surface area contributed by atoms with Gasteiger partial charge in [0.2, 0.25) is 0 Å². The molecule has 0 bridgehead atoms. The Morgan fingerprint density at radius 3 is 0.849 bits per heavy atom. The topological polar surface area (TPSA) is 237 Å². The second-order valence-electron chi connectivity index (χ2n) is 31.3. The second kappa shape index (κ2) is 77.8. The summed E-state index contributed by atoms with van der Waals surface area (Å²) in [5.74, 6) is -0.596. The van der Waals surface area contributed by atoms with Crippen LogP contribution in [0, 0.1) is 11.8 Å². The fourth-order valence-corrected chi connectivity index (χ4v) is 14.6. The number of carbonyl (C=O) groups excluding carboxylic acids is 4. The summed E-state index contributed by atoms with van der Waals surface area (Å²) in [6.07, 6.45) is 73.2. The van der Waals surface area contributed by atoms with Gasteiger partial charge in [0.25, 0.3) is 0 Å². The molecular formula is C87H166O17P2. The minimum Gasteiger partial charge on any atom is -0.462 e. The number of unbranched alkanes of at least 4 members (excludes halogenated alkanes) is 50. The monoisotopic (exact) mass is 1550 g/mol. The van der Waals surface area contributed by atoms with Gasteiger partial charge in [-0.3, -0.25) is 37.3 Å². The molecule has 0 saturated heterocycles. The maximum Gasteiger partial charge on any atom is 0.472 e. The van der Waals surface area contributed by atoms with Crippen LogP contribution in [-0.4, -0.2) is 96.7 Å². The molecule has 17 nitrogen and oxygen atoms in total. The van der Waals surface area contributed by atoms with Crippen molar-refractivity contribution in [3.63, 3.8) is 0 Å². The number of aliphatic hydroxyl groups excluding tert-OH is 1. The van der Waals surface area contributed by atoms with Crippen molar-refractivity contribution >= 4 is 39.5 Å². The Morgan fingerprint density at radius 1 is 0.311 bits per heavy atom. The van der Waals surface area contributed by atoms with Crippen LogP contribution >= 0.6 is 15.6 Å². The zero-order valence-electron chi connectivity index (χ0n) is 69.2. The van der Waals surface area contributed by atoms with Gasteiger partial charge in [-0.15, -0.1) is 0 Å². The molecular weight excluding hydrogens is 1380 g/mol. The van der Waals surface area contributed by atoms with E-state index in [1.165, 1.54) is 238 Å². The number of allylic oxidation sites excluding steroid dienone is 4. The number of phosphoric ester groups is 2. The van der Waals surface area contributed by atoms with Crippen LogP contribution in [0.1, 0.15) is 440 Å². The molecule has 19 heteroatoms. The van der Waals surface area contributed by atoms with E-state index in [9.17, 15) is 43.2 Å². The fraction of sp³-hybridized carbons (Fsp3) is 0.908. The first-order valence-electron chi connectivity index (χ1n) is 44.3. The zero-order valence-corrected chi connectivity index (χ0v) is 71.0. The van der Waals surface area contributed by atoms with E-state index in [1.54, 1.807) is 0 Å². The molecule has 0 radical (unpaired) electrons. The Hall–Kier alpha value is -2.46. The van der Waals surface area contributed by atoms with Gasteiger partial charge in [-0.25, -0.2) is 9.13 Å². The summed E-state index contributed by atoms with van der Waals surface area (Å²) < 4.78 is 68.8. The molecule has 0 fully saturated rings. The van der Waals surface area contributed by atoms with Crippen LogP contribution in [-0.2, 0) is 65.4 Å². The van der Waals surface area contributed by atoms with E-state index in [-0.39, 0.29) is 25.7 Å². The van der Waals surface area contributed by atoms with Gasteiger partial charge in [0, 0.05) is 25.7 Å². The highest BCUT2D eigenvalue weighted by Crippen LogP contribution is 2.45. The third-order valence-corrected chi connectivity index (χ3v) is 22.1. The fourth-order valence-electron chi connectivity index (χ4n) is 13.0. The number of rotatable bonds is 84. The number of esters is 4. The number of carbonyl (C=O) groups is 4. The van der Waals surface area contributed by atoms with Crippen molar-refractivity contribution in [3.05, 3.63) is 24.3 Å². The number of hydrogen-bond acceptors (Lipinski definition) is 15. The summed E-state index contributed by atoms with van der Waals surface area (Å²) in [5.41, 5.74) is 0. The Kier molecular flexibility index (Phi) is 76.0. The van der Waals surface area contributed by atoms with E-state index < -0.39 is 97.5 Å². The van der Waals surface area contributed by atoms with Crippen molar-refractivity contribution in [2.75, 3.05) is 39.6 Å². The molecule has 6 atom stereocenters. The van der Waals surface area contributed by atoms with E-state index >= 15 is 0 Å². The summed E-state index contributed by atoms with van der Waals surface area (Å²) in [6.45, 7) is 9.59. The molecule has 0 aliphatic carbocycles. The van der Waals surface area contributed by atoms with Crippen LogP contribution in [0.3, 0.4) is 0 Å². The van der Waals surface area contributed by atoms with Crippen molar-refractivity contribution in [3.8, 4) is 0 Å². The average molecular weight is 1550 g/mol. The SMILES string of the molecule is CCCCCC/C=C\C=C/CCCCCCCC(=O)O[C@H](COC(=O)CCCCCCCCC(C)CC)COP(=O)(O)OC[C@H](O)COP(=O)(O)OC[C@@H](COC(=O)CCCCCCCCCCCCCCCCCCC(C)C)OC(=O)CCCCCCCCCCCCCCCCCCCCCCCC. The molecule has 0 aromatic carbocycles. The number of hydrogen-bond donors (Lipinski definition) is 3. The van der Waals surface area contributed by atoms with Crippen LogP contribution < -0.4 is 0 Å². The molecule has 626 valence electrons. The van der Waals surface area contributed by atoms with Crippen LogP contribution in [0.5, 0.6) is 0 Å². The highest BCUT2D eigenvalue weighted by atomic mass is 31.2. The van der Waals surface area contributed by atoms with Crippen LogP contribution in [0.25, 0.3) is 0 Å².